The number of amides is 1. The first kappa shape index (κ1) is 25.6. The van der Waals surface area contributed by atoms with Crippen LogP contribution in [0.1, 0.15) is 47.0 Å². The van der Waals surface area contributed by atoms with E-state index in [2.05, 4.69) is 5.32 Å². The number of ether oxygens (including phenoxy) is 2. The number of hydrogen-bond acceptors (Lipinski definition) is 6. The normalized spacial score (nSPS) is 20.9. The molecule has 1 amide bonds. The van der Waals surface area contributed by atoms with E-state index in [1.54, 1.807) is 27.7 Å². The van der Waals surface area contributed by atoms with Crippen molar-refractivity contribution < 1.29 is 27.1 Å². The first-order valence-corrected chi connectivity index (χ1v) is 13.2. The summed E-state index contributed by atoms with van der Waals surface area (Å²) >= 11 is 0. The predicted molar refractivity (Wildman–Crippen MR) is 128 cm³/mol. The Morgan fingerprint density at radius 3 is 2.60 bits per heavy atom. The van der Waals surface area contributed by atoms with E-state index < -0.39 is 38.6 Å². The lowest BCUT2D eigenvalue weighted by Crippen LogP contribution is -2.48. The fraction of sp³-hybridized carbons (Fsp3) is 0.583. The van der Waals surface area contributed by atoms with E-state index in [-0.39, 0.29) is 34.9 Å². The maximum atomic E-state index is 14.4. The van der Waals surface area contributed by atoms with Gasteiger partial charge in [-0.15, -0.1) is 0 Å². The lowest BCUT2D eigenvalue weighted by molar-refractivity contribution is -0.0312. The molecule has 9 nitrogen and oxygen atoms in total. The molecular weight excluding hydrogens is 477 g/mol. The van der Waals surface area contributed by atoms with E-state index in [0.29, 0.717) is 32.4 Å². The van der Waals surface area contributed by atoms with Crippen LogP contribution in [0.2, 0.25) is 0 Å². The van der Waals surface area contributed by atoms with Crippen molar-refractivity contribution in [1.82, 2.24) is 14.2 Å². The first-order valence-electron chi connectivity index (χ1n) is 11.8. The predicted octanol–water partition coefficient (Wildman–Crippen LogP) is 3.00. The molecule has 35 heavy (non-hydrogen) atoms. The number of aryl methyl sites for hydroxylation is 1. The van der Waals surface area contributed by atoms with Crippen LogP contribution in [-0.4, -0.2) is 60.3 Å². The van der Waals surface area contributed by atoms with Gasteiger partial charge < -0.3 is 19.4 Å². The number of fused-ring (bicyclic) bond motifs is 1. The van der Waals surface area contributed by atoms with Crippen molar-refractivity contribution >= 4 is 27.0 Å². The summed E-state index contributed by atoms with van der Waals surface area (Å²) in [5, 5.41) is 2.86. The molecule has 1 aromatic carbocycles. The largest absolute Gasteiger partial charge is 0.444 e. The van der Waals surface area contributed by atoms with Gasteiger partial charge in [0.15, 0.2) is 0 Å². The third kappa shape index (κ3) is 5.07. The first-order chi connectivity index (χ1) is 16.3. The maximum Gasteiger partial charge on any atom is 0.407 e. The second-order valence-corrected chi connectivity index (χ2v) is 12.1. The van der Waals surface area contributed by atoms with Crippen molar-refractivity contribution in [2.45, 2.75) is 75.6 Å². The quantitative estimate of drug-likeness (QED) is 0.679. The minimum absolute atomic E-state index is 0.0385. The number of piperidine rings is 1. The average molecular weight is 510 g/mol. The van der Waals surface area contributed by atoms with Gasteiger partial charge in [-0.2, -0.15) is 4.31 Å². The van der Waals surface area contributed by atoms with Crippen LogP contribution in [0.4, 0.5) is 9.18 Å². The van der Waals surface area contributed by atoms with Crippen LogP contribution < -0.4 is 10.7 Å². The van der Waals surface area contributed by atoms with Crippen molar-refractivity contribution in [3.8, 4) is 0 Å². The number of carbonyl (C=O) groups excluding carboxylic acids is 1. The van der Waals surface area contributed by atoms with Crippen molar-refractivity contribution in [1.29, 1.82) is 0 Å². The molecule has 2 aliphatic rings. The zero-order valence-electron chi connectivity index (χ0n) is 20.5. The summed E-state index contributed by atoms with van der Waals surface area (Å²) in [6.07, 6.45) is 2.15. The van der Waals surface area contributed by atoms with E-state index in [1.807, 2.05) is 0 Å². The number of sulfonamides is 1. The van der Waals surface area contributed by atoms with E-state index in [9.17, 15) is 22.4 Å². The minimum Gasteiger partial charge on any atom is -0.444 e. The third-order valence-electron chi connectivity index (χ3n) is 6.54. The molecule has 11 heteroatoms. The van der Waals surface area contributed by atoms with Gasteiger partial charge in [0.05, 0.1) is 29.2 Å². The van der Waals surface area contributed by atoms with Crippen molar-refractivity contribution in [3.63, 3.8) is 0 Å². The zero-order valence-corrected chi connectivity index (χ0v) is 21.3. The van der Waals surface area contributed by atoms with Crippen molar-refractivity contribution in [2.75, 3.05) is 19.7 Å². The second kappa shape index (κ2) is 9.18. The van der Waals surface area contributed by atoms with Gasteiger partial charge in [0.1, 0.15) is 16.3 Å². The smallest absolute Gasteiger partial charge is 0.407 e. The van der Waals surface area contributed by atoms with Crippen LogP contribution >= 0.6 is 0 Å². The number of hydrogen-bond donors (Lipinski definition) is 1. The Balaban J connectivity index is 1.49. The van der Waals surface area contributed by atoms with E-state index in [4.69, 9.17) is 9.47 Å². The standard InChI is InChI=1S/C24H32FN3O6S/c1-5-27-14-19(21(29)17-7-6-8-18(25)20(17)27)35(31,32)28-11-9-24(10-12-28)13-16(15-33-24)26-22(30)34-23(2,3)4/h6-8,14,16H,5,9-13,15H2,1-4H3,(H,26,30)/t16-/m1/s1. The molecule has 1 atom stereocenters. The van der Waals surface area contributed by atoms with Gasteiger partial charge in [-0.1, -0.05) is 6.07 Å². The third-order valence-corrected chi connectivity index (χ3v) is 8.43. The summed E-state index contributed by atoms with van der Waals surface area (Å²) in [4.78, 5) is 24.8. The number of carbonyl (C=O) groups is 1. The zero-order chi connectivity index (χ0) is 25.6. The van der Waals surface area contributed by atoms with Crippen LogP contribution in [0, 0.1) is 5.82 Å². The summed E-state index contributed by atoms with van der Waals surface area (Å²) in [5.41, 5.74) is -1.75. The summed E-state index contributed by atoms with van der Waals surface area (Å²) in [7, 11) is -4.10. The number of benzene rings is 1. The van der Waals surface area contributed by atoms with E-state index >= 15 is 0 Å². The molecule has 1 spiro atoms. The summed E-state index contributed by atoms with van der Waals surface area (Å²) in [6.45, 7) is 8.11. The molecular formula is C24H32FN3O6S. The number of rotatable bonds is 4. The lowest BCUT2D eigenvalue weighted by Gasteiger charge is -2.37. The maximum absolute atomic E-state index is 14.4. The number of alkyl carbamates (subject to hydrolysis) is 1. The highest BCUT2D eigenvalue weighted by Crippen LogP contribution is 2.37. The molecule has 4 rings (SSSR count). The molecule has 1 aromatic heterocycles. The Morgan fingerprint density at radius 1 is 1.29 bits per heavy atom. The number of nitrogens with zero attached hydrogens (tertiary/aromatic N) is 2. The Bertz CT molecular complexity index is 1290. The fourth-order valence-corrected chi connectivity index (χ4v) is 6.40. The molecule has 2 saturated heterocycles. The van der Waals surface area contributed by atoms with E-state index in [1.165, 1.54) is 33.3 Å². The highest BCUT2D eigenvalue weighted by molar-refractivity contribution is 7.89. The number of para-hydroxylation sites is 1. The van der Waals surface area contributed by atoms with Crippen LogP contribution in [0.3, 0.4) is 0 Å². The number of aromatic nitrogens is 1. The Kier molecular flexibility index (Phi) is 6.71. The highest BCUT2D eigenvalue weighted by atomic mass is 32.2. The summed E-state index contributed by atoms with van der Waals surface area (Å²) < 4.78 is 55.4. The Labute approximate surface area is 204 Å². The van der Waals surface area contributed by atoms with Crippen LogP contribution in [-0.2, 0) is 26.0 Å². The molecule has 0 radical (unpaired) electrons. The molecule has 2 aliphatic heterocycles. The second-order valence-electron chi connectivity index (χ2n) is 10.2. The monoisotopic (exact) mass is 509 g/mol. The van der Waals surface area contributed by atoms with Crippen molar-refractivity contribution in [3.05, 3.63) is 40.4 Å². The molecule has 192 valence electrons. The van der Waals surface area contributed by atoms with Gasteiger partial charge in [0.2, 0.25) is 15.5 Å². The number of nitrogens with one attached hydrogen (secondary N) is 1. The van der Waals surface area contributed by atoms with Gasteiger partial charge in [-0.05, 0) is 59.1 Å². The van der Waals surface area contributed by atoms with Gasteiger partial charge in [0.25, 0.3) is 0 Å². The Hall–Kier alpha value is -2.50. The topological polar surface area (TPSA) is 107 Å². The lowest BCUT2D eigenvalue weighted by atomic mass is 9.88. The molecule has 0 aliphatic carbocycles. The van der Waals surface area contributed by atoms with Crippen molar-refractivity contribution in [2.24, 2.45) is 0 Å². The van der Waals surface area contributed by atoms with Gasteiger partial charge in [0, 0.05) is 25.8 Å². The van der Waals surface area contributed by atoms with Crippen LogP contribution in [0.5, 0.6) is 0 Å². The fourth-order valence-electron chi connectivity index (χ4n) is 4.85. The van der Waals surface area contributed by atoms with Gasteiger partial charge >= 0.3 is 6.09 Å². The minimum atomic E-state index is -4.10. The molecule has 2 fully saturated rings. The number of halogens is 1. The SMILES string of the molecule is CCn1cc(S(=O)(=O)N2CCC3(CC2)C[C@@H](NC(=O)OC(C)(C)C)CO3)c(=O)c2cccc(F)c21. The molecule has 1 N–H and O–H groups in total. The summed E-state index contributed by atoms with van der Waals surface area (Å²) in [6, 6.07) is 3.87. The van der Waals surface area contributed by atoms with Crippen LogP contribution in [0.15, 0.2) is 34.1 Å². The molecule has 0 unspecified atom stereocenters. The van der Waals surface area contributed by atoms with Gasteiger partial charge in [-0.25, -0.2) is 17.6 Å². The average Bonchev–Trinajstić information content (AvgIpc) is 3.14. The van der Waals surface area contributed by atoms with Crippen LogP contribution in [0.25, 0.3) is 10.9 Å². The molecule has 0 bridgehead atoms. The van der Waals surface area contributed by atoms with E-state index in [0.717, 1.165) is 0 Å². The molecule has 2 aromatic rings. The number of pyridine rings is 1. The summed E-state index contributed by atoms with van der Waals surface area (Å²) in [5.74, 6) is -0.571. The van der Waals surface area contributed by atoms with Gasteiger partial charge in [-0.3, -0.25) is 4.79 Å². The Morgan fingerprint density at radius 2 is 1.97 bits per heavy atom. The molecule has 3 heterocycles. The highest BCUT2D eigenvalue weighted by Gasteiger charge is 2.45. The molecule has 0 saturated carbocycles.